The molecule has 0 unspecified atom stereocenters. The zero-order chi connectivity index (χ0) is 12.8. The maximum Gasteiger partial charge on any atom is 0.134 e. The van der Waals surface area contributed by atoms with E-state index in [0.29, 0.717) is 6.61 Å². The molecule has 1 heterocycles. The van der Waals surface area contributed by atoms with E-state index in [4.69, 9.17) is 9.15 Å². The molecule has 4 heteroatoms. The van der Waals surface area contributed by atoms with Crippen LogP contribution in [0.3, 0.4) is 0 Å². The third-order valence-electron chi connectivity index (χ3n) is 2.55. The number of methoxy groups -OCH3 is 1. The monoisotopic (exact) mass is 309 g/mol. The Labute approximate surface area is 115 Å². The van der Waals surface area contributed by atoms with Gasteiger partial charge in [0.15, 0.2) is 0 Å². The van der Waals surface area contributed by atoms with Crippen molar-refractivity contribution < 1.29 is 9.15 Å². The van der Waals surface area contributed by atoms with Crippen molar-refractivity contribution in [1.82, 2.24) is 5.32 Å². The molecule has 0 atom stereocenters. The van der Waals surface area contributed by atoms with Gasteiger partial charge >= 0.3 is 0 Å². The Bertz CT molecular complexity index is 496. The van der Waals surface area contributed by atoms with Crippen LogP contribution >= 0.6 is 15.9 Å². The molecule has 0 amide bonds. The number of hydrogen-bond acceptors (Lipinski definition) is 3. The van der Waals surface area contributed by atoms with Gasteiger partial charge in [-0.05, 0) is 24.3 Å². The summed E-state index contributed by atoms with van der Waals surface area (Å²) in [4.78, 5) is 0. The summed E-state index contributed by atoms with van der Waals surface area (Å²) in [5.41, 5.74) is 1.08. The highest BCUT2D eigenvalue weighted by molar-refractivity contribution is 9.10. The smallest absolute Gasteiger partial charge is 0.134 e. The Morgan fingerprint density at radius 2 is 2.17 bits per heavy atom. The first-order valence-electron chi connectivity index (χ1n) is 5.84. The standard InChI is InChI=1S/C14H16BrNO2/c1-17-8-7-16-10-13-5-6-14(18-13)11-3-2-4-12(15)9-11/h2-6,9,16H,7-8,10H2,1H3. The van der Waals surface area contributed by atoms with Crippen LogP contribution in [0.2, 0.25) is 0 Å². The van der Waals surface area contributed by atoms with Crippen molar-refractivity contribution in [3.05, 3.63) is 46.6 Å². The number of ether oxygens (including phenoxy) is 1. The van der Waals surface area contributed by atoms with Crippen molar-refractivity contribution in [2.24, 2.45) is 0 Å². The lowest BCUT2D eigenvalue weighted by molar-refractivity contribution is 0.198. The van der Waals surface area contributed by atoms with Gasteiger partial charge < -0.3 is 14.5 Å². The van der Waals surface area contributed by atoms with E-state index in [1.165, 1.54) is 0 Å². The first kappa shape index (κ1) is 13.3. The molecule has 96 valence electrons. The van der Waals surface area contributed by atoms with Crippen LogP contribution in [-0.2, 0) is 11.3 Å². The van der Waals surface area contributed by atoms with Gasteiger partial charge in [-0.1, -0.05) is 28.1 Å². The summed E-state index contributed by atoms with van der Waals surface area (Å²) in [6.45, 7) is 2.25. The summed E-state index contributed by atoms with van der Waals surface area (Å²) < 4.78 is 11.8. The van der Waals surface area contributed by atoms with Gasteiger partial charge in [0, 0.05) is 23.7 Å². The largest absolute Gasteiger partial charge is 0.460 e. The van der Waals surface area contributed by atoms with E-state index in [1.807, 2.05) is 36.4 Å². The number of rotatable bonds is 6. The van der Waals surface area contributed by atoms with E-state index >= 15 is 0 Å². The molecular weight excluding hydrogens is 294 g/mol. The second-order valence-electron chi connectivity index (χ2n) is 3.95. The van der Waals surface area contributed by atoms with Gasteiger partial charge in [0.25, 0.3) is 0 Å². The minimum Gasteiger partial charge on any atom is -0.460 e. The van der Waals surface area contributed by atoms with Crippen LogP contribution in [0.1, 0.15) is 5.76 Å². The van der Waals surface area contributed by atoms with Crippen LogP contribution in [0.4, 0.5) is 0 Å². The first-order chi connectivity index (χ1) is 8.79. The molecule has 0 radical (unpaired) electrons. The molecule has 0 aliphatic carbocycles. The minimum atomic E-state index is 0.708. The lowest BCUT2D eigenvalue weighted by Gasteiger charge is -2.01. The van der Waals surface area contributed by atoms with Crippen molar-refractivity contribution in [2.75, 3.05) is 20.3 Å². The van der Waals surface area contributed by atoms with Gasteiger partial charge in [0.05, 0.1) is 13.2 Å². The average Bonchev–Trinajstić information content (AvgIpc) is 2.83. The van der Waals surface area contributed by atoms with Crippen molar-refractivity contribution >= 4 is 15.9 Å². The number of furan rings is 1. The molecule has 2 aromatic rings. The minimum absolute atomic E-state index is 0.708. The molecule has 2 rings (SSSR count). The lowest BCUT2D eigenvalue weighted by atomic mass is 10.2. The van der Waals surface area contributed by atoms with Gasteiger partial charge in [0.1, 0.15) is 11.5 Å². The van der Waals surface area contributed by atoms with E-state index in [1.54, 1.807) is 7.11 Å². The van der Waals surface area contributed by atoms with Crippen LogP contribution in [0.15, 0.2) is 45.3 Å². The summed E-state index contributed by atoms with van der Waals surface area (Å²) in [7, 11) is 1.69. The molecular formula is C14H16BrNO2. The number of hydrogen-bond donors (Lipinski definition) is 1. The van der Waals surface area contributed by atoms with Gasteiger partial charge in [-0.25, -0.2) is 0 Å². The molecule has 0 bridgehead atoms. The molecule has 0 saturated carbocycles. The Hall–Kier alpha value is -1.10. The zero-order valence-electron chi connectivity index (χ0n) is 10.3. The van der Waals surface area contributed by atoms with Crippen LogP contribution in [0.5, 0.6) is 0 Å². The SMILES string of the molecule is COCCNCc1ccc(-c2cccc(Br)c2)o1. The lowest BCUT2D eigenvalue weighted by Crippen LogP contribution is -2.18. The number of nitrogens with one attached hydrogen (secondary N) is 1. The van der Waals surface area contributed by atoms with Crippen LogP contribution < -0.4 is 5.32 Å². The topological polar surface area (TPSA) is 34.4 Å². The molecule has 0 spiro atoms. The fraction of sp³-hybridized carbons (Fsp3) is 0.286. The van der Waals surface area contributed by atoms with E-state index in [0.717, 1.165) is 34.6 Å². The summed E-state index contributed by atoms with van der Waals surface area (Å²) in [5.74, 6) is 1.82. The molecule has 3 nitrogen and oxygen atoms in total. The van der Waals surface area contributed by atoms with Crippen molar-refractivity contribution in [3.63, 3.8) is 0 Å². The summed E-state index contributed by atoms with van der Waals surface area (Å²) in [6.07, 6.45) is 0. The molecule has 1 aromatic carbocycles. The maximum atomic E-state index is 5.78. The molecule has 1 aromatic heterocycles. The van der Waals surface area contributed by atoms with Crippen LogP contribution in [0.25, 0.3) is 11.3 Å². The molecule has 0 fully saturated rings. The van der Waals surface area contributed by atoms with Gasteiger partial charge in [-0.3, -0.25) is 0 Å². The third-order valence-corrected chi connectivity index (χ3v) is 3.05. The second-order valence-corrected chi connectivity index (χ2v) is 4.86. The molecule has 0 aliphatic rings. The van der Waals surface area contributed by atoms with Crippen molar-refractivity contribution in [1.29, 1.82) is 0 Å². The zero-order valence-corrected chi connectivity index (χ0v) is 11.9. The quantitative estimate of drug-likeness (QED) is 0.830. The normalized spacial score (nSPS) is 10.8. The van der Waals surface area contributed by atoms with Crippen molar-refractivity contribution in [3.8, 4) is 11.3 Å². The first-order valence-corrected chi connectivity index (χ1v) is 6.63. The van der Waals surface area contributed by atoms with E-state index < -0.39 is 0 Å². The highest BCUT2D eigenvalue weighted by atomic mass is 79.9. The molecule has 0 saturated heterocycles. The van der Waals surface area contributed by atoms with Crippen LogP contribution in [-0.4, -0.2) is 20.3 Å². The average molecular weight is 310 g/mol. The molecule has 1 N–H and O–H groups in total. The highest BCUT2D eigenvalue weighted by Crippen LogP contribution is 2.24. The third kappa shape index (κ3) is 3.70. The summed E-state index contributed by atoms with van der Waals surface area (Å²) >= 11 is 3.46. The van der Waals surface area contributed by atoms with Gasteiger partial charge in [-0.2, -0.15) is 0 Å². The predicted molar refractivity (Wildman–Crippen MR) is 75.4 cm³/mol. The Balaban J connectivity index is 1.97. The predicted octanol–water partition coefficient (Wildman–Crippen LogP) is 3.45. The summed E-state index contributed by atoms with van der Waals surface area (Å²) in [6, 6.07) is 12.1. The van der Waals surface area contributed by atoms with E-state index in [9.17, 15) is 0 Å². The fourth-order valence-corrected chi connectivity index (χ4v) is 2.05. The Morgan fingerprint density at radius 3 is 2.94 bits per heavy atom. The summed E-state index contributed by atoms with van der Waals surface area (Å²) in [5, 5.41) is 3.25. The fourth-order valence-electron chi connectivity index (χ4n) is 1.66. The second kappa shape index (κ2) is 6.73. The highest BCUT2D eigenvalue weighted by Gasteiger charge is 2.04. The Kier molecular flexibility index (Phi) is 4.99. The Morgan fingerprint density at radius 1 is 1.28 bits per heavy atom. The van der Waals surface area contributed by atoms with Crippen LogP contribution in [0, 0.1) is 0 Å². The van der Waals surface area contributed by atoms with Crippen molar-refractivity contribution in [2.45, 2.75) is 6.54 Å². The molecule has 18 heavy (non-hydrogen) atoms. The molecule has 0 aliphatic heterocycles. The van der Waals surface area contributed by atoms with E-state index in [-0.39, 0.29) is 0 Å². The maximum absolute atomic E-state index is 5.78. The number of benzene rings is 1. The van der Waals surface area contributed by atoms with E-state index in [2.05, 4.69) is 21.2 Å². The number of halogens is 1. The van der Waals surface area contributed by atoms with Gasteiger partial charge in [-0.15, -0.1) is 0 Å². The van der Waals surface area contributed by atoms with Gasteiger partial charge in [0.2, 0.25) is 0 Å².